The zero-order chi connectivity index (χ0) is 18.1. The summed E-state index contributed by atoms with van der Waals surface area (Å²) in [7, 11) is 0. The maximum Gasteiger partial charge on any atom is 0.234 e. The molecule has 1 aromatic heterocycles. The standard InChI is InChI=1S/C18H24N4O2S/c1-14-4-6-16(7-5-14)21-18(24)13-25-12-17(23)19-8-3-9-22-11-15(2)10-20-22/h4-7,10-11H,3,8-9,12-13H2,1-2H3,(H,19,23)(H,21,24). The van der Waals surface area contributed by atoms with E-state index in [1.54, 1.807) is 0 Å². The molecule has 0 spiro atoms. The van der Waals surface area contributed by atoms with Crippen LogP contribution in [0.1, 0.15) is 17.5 Å². The largest absolute Gasteiger partial charge is 0.355 e. The number of carbonyl (C=O) groups excluding carboxylic acids is 2. The summed E-state index contributed by atoms with van der Waals surface area (Å²) in [6, 6.07) is 7.62. The molecule has 2 rings (SSSR count). The van der Waals surface area contributed by atoms with Gasteiger partial charge in [0.05, 0.1) is 17.7 Å². The fourth-order valence-corrected chi connectivity index (χ4v) is 2.83. The lowest BCUT2D eigenvalue weighted by atomic mass is 10.2. The summed E-state index contributed by atoms with van der Waals surface area (Å²) in [6.45, 7) is 5.38. The van der Waals surface area contributed by atoms with Gasteiger partial charge in [0.1, 0.15) is 0 Å². The molecule has 6 nitrogen and oxygen atoms in total. The second kappa shape index (κ2) is 9.88. The first-order valence-corrected chi connectivity index (χ1v) is 9.38. The molecular weight excluding hydrogens is 336 g/mol. The van der Waals surface area contributed by atoms with Crippen LogP contribution in [-0.2, 0) is 16.1 Å². The number of thioether (sulfide) groups is 1. The maximum absolute atomic E-state index is 11.8. The molecule has 1 heterocycles. The highest BCUT2D eigenvalue weighted by Crippen LogP contribution is 2.09. The van der Waals surface area contributed by atoms with E-state index in [4.69, 9.17) is 0 Å². The summed E-state index contributed by atoms with van der Waals surface area (Å²) < 4.78 is 1.87. The molecule has 0 radical (unpaired) electrons. The van der Waals surface area contributed by atoms with Crippen molar-refractivity contribution < 1.29 is 9.59 Å². The van der Waals surface area contributed by atoms with Gasteiger partial charge in [-0.15, -0.1) is 11.8 Å². The number of amides is 2. The Kier molecular flexibility index (Phi) is 7.53. The Labute approximate surface area is 152 Å². The van der Waals surface area contributed by atoms with Gasteiger partial charge >= 0.3 is 0 Å². The average Bonchev–Trinajstić information content (AvgIpc) is 2.99. The monoisotopic (exact) mass is 360 g/mol. The molecule has 2 amide bonds. The topological polar surface area (TPSA) is 76.0 Å². The molecule has 0 bridgehead atoms. The predicted octanol–water partition coefficient (Wildman–Crippen LogP) is 2.38. The van der Waals surface area contributed by atoms with Gasteiger partial charge in [0, 0.05) is 25.0 Å². The molecule has 0 aliphatic heterocycles. The summed E-state index contributed by atoms with van der Waals surface area (Å²) in [5, 5.41) is 9.87. The molecule has 0 saturated heterocycles. The number of aromatic nitrogens is 2. The lowest BCUT2D eigenvalue weighted by molar-refractivity contribution is -0.118. The van der Waals surface area contributed by atoms with Crippen molar-refractivity contribution in [3.05, 3.63) is 47.8 Å². The zero-order valence-corrected chi connectivity index (χ0v) is 15.4. The summed E-state index contributed by atoms with van der Waals surface area (Å²) in [5.41, 5.74) is 3.05. The van der Waals surface area contributed by atoms with Crippen LogP contribution in [0.5, 0.6) is 0 Å². The molecule has 0 saturated carbocycles. The molecule has 0 unspecified atom stereocenters. The number of rotatable bonds is 9. The SMILES string of the molecule is Cc1ccc(NC(=O)CSCC(=O)NCCCn2cc(C)cn2)cc1. The fraction of sp³-hybridized carbons (Fsp3) is 0.389. The van der Waals surface area contributed by atoms with Gasteiger partial charge in [-0.25, -0.2) is 0 Å². The highest BCUT2D eigenvalue weighted by atomic mass is 32.2. The molecule has 25 heavy (non-hydrogen) atoms. The second-order valence-corrected chi connectivity index (χ2v) is 6.88. The number of hydrogen-bond acceptors (Lipinski definition) is 4. The third-order valence-electron chi connectivity index (χ3n) is 3.45. The first-order valence-electron chi connectivity index (χ1n) is 8.23. The van der Waals surface area contributed by atoms with Crippen molar-refractivity contribution in [2.75, 3.05) is 23.4 Å². The van der Waals surface area contributed by atoms with Gasteiger partial charge in [0.2, 0.25) is 11.8 Å². The highest BCUT2D eigenvalue weighted by molar-refractivity contribution is 8.00. The molecule has 0 fully saturated rings. The molecule has 7 heteroatoms. The Morgan fingerprint density at radius 3 is 2.48 bits per heavy atom. The van der Waals surface area contributed by atoms with Crippen LogP contribution >= 0.6 is 11.8 Å². The third-order valence-corrected chi connectivity index (χ3v) is 4.38. The number of carbonyl (C=O) groups is 2. The van der Waals surface area contributed by atoms with Crippen molar-refractivity contribution >= 4 is 29.3 Å². The van der Waals surface area contributed by atoms with Gasteiger partial charge in [0.25, 0.3) is 0 Å². The first kappa shape index (κ1) is 19.1. The van der Waals surface area contributed by atoms with Crippen LogP contribution in [0.15, 0.2) is 36.7 Å². The number of anilines is 1. The van der Waals surface area contributed by atoms with Gasteiger partial charge in [0.15, 0.2) is 0 Å². The molecular formula is C18H24N4O2S. The molecule has 2 aromatic rings. The molecule has 0 aliphatic rings. The normalized spacial score (nSPS) is 10.5. The van der Waals surface area contributed by atoms with Gasteiger partial charge in [-0.2, -0.15) is 5.10 Å². The average molecular weight is 360 g/mol. The number of aryl methyl sites for hydroxylation is 3. The highest BCUT2D eigenvalue weighted by Gasteiger charge is 2.06. The Morgan fingerprint density at radius 1 is 1.08 bits per heavy atom. The molecule has 134 valence electrons. The Hall–Kier alpha value is -2.28. The Morgan fingerprint density at radius 2 is 1.80 bits per heavy atom. The maximum atomic E-state index is 11.8. The van der Waals surface area contributed by atoms with E-state index in [0.717, 1.165) is 29.8 Å². The van der Waals surface area contributed by atoms with E-state index in [-0.39, 0.29) is 23.3 Å². The van der Waals surface area contributed by atoms with Crippen LogP contribution in [0.2, 0.25) is 0 Å². The number of benzene rings is 1. The van der Waals surface area contributed by atoms with Crippen LogP contribution in [0.3, 0.4) is 0 Å². The van der Waals surface area contributed by atoms with Crippen LogP contribution in [0, 0.1) is 13.8 Å². The van der Waals surface area contributed by atoms with Gasteiger partial charge in [-0.05, 0) is 38.0 Å². The van der Waals surface area contributed by atoms with Gasteiger partial charge in [-0.3, -0.25) is 14.3 Å². The Balaban J connectivity index is 1.54. The predicted molar refractivity (Wildman–Crippen MR) is 102 cm³/mol. The first-order chi connectivity index (χ1) is 12.0. The molecule has 0 aliphatic carbocycles. The zero-order valence-electron chi connectivity index (χ0n) is 14.6. The minimum atomic E-state index is -0.101. The third kappa shape index (κ3) is 7.43. The molecule has 1 aromatic carbocycles. The van der Waals surface area contributed by atoms with Gasteiger partial charge in [-0.1, -0.05) is 17.7 Å². The van der Waals surface area contributed by atoms with Crippen LogP contribution in [0.25, 0.3) is 0 Å². The minimum absolute atomic E-state index is 0.0511. The number of hydrogen-bond donors (Lipinski definition) is 2. The second-order valence-electron chi connectivity index (χ2n) is 5.89. The fourth-order valence-electron chi connectivity index (χ4n) is 2.18. The molecule has 2 N–H and O–H groups in total. The summed E-state index contributed by atoms with van der Waals surface area (Å²) in [6.07, 6.45) is 4.62. The smallest absolute Gasteiger partial charge is 0.234 e. The Bertz CT molecular complexity index is 697. The summed E-state index contributed by atoms with van der Waals surface area (Å²) >= 11 is 1.31. The van der Waals surface area contributed by atoms with Crippen molar-refractivity contribution in [3.8, 4) is 0 Å². The summed E-state index contributed by atoms with van der Waals surface area (Å²) in [5.74, 6) is 0.385. The van der Waals surface area contributed by atoms with Crippen molar-refractivity contribution in [2.24, 2.45) is 0 Å². The van der Waals surface area contributed by atoms with E-state index in [2.05, 4.69) is 15.7 Å². The van der Waals surface area contributed by atoms with E-state index in [1.807, 2.05) is 55.2 Å². The van der Waals surface area contributed by atoms with E-state index in [0.29, 0.717) is 6.54 Å². The summed E-state index contributed by atoms with van der Waals surface area (Å²) in [4.78, 5) is 23.6. The van der Waals surface area contributed by atoms with Crippen LogP contribution in [0.4, 0.5) is 5.69 Å². The quantitative estimate of drug-likeness (QED) is 0.673. The van der Waals surface area contributed by atoms with Crippen molar-refractivity contribution in [3.63, 3.8) is 0 Å². The number of nitrogens with zero attached hydrogens (tertiary/aromatic N) is 2. The van der Waals surface area contributed by atoms with Gasteiger partial charge < -0.3 is 10.6 Å². The van der Waals surface area contributed by atoms with Crippen LogP contribution < -0.4 is 10.6 Å². The lowest BCUT2D eigenvalue weighted by Gasteiger charge is -2.07. The van der Waals surface area contributed by atoms with E-state index in [9.17, 15) is 9.59 Å². The number of nitrogens with one attached hydrogen (secondary N) is 2. The van der Waals surface area contributed by atoms with E-state index in [1.165, 1.54) is 11.8 Å². The van der Waals surface area contributed by atoms with Crippen molar-refractivity contribution in [1.82, 2.24) is 15.1 Å². The van der Waals surface area contributed by atoms with E-state index < -0.39 is 0 Å². The molecule has 0 atom stereocenters. The minimum Gasteiger partial charge on any atom is -0.355 e. The van der Waals surface area contributed by atoms with Crippen LogP contribution in [-0.4, -0.2) is 39.6 Å². The lowest BCUT2D eigenvalue weighted by Crippen LogP contribution is -2.27. The van der Waals surface area contributed by atoms with E-state index >= 15 is 0 Å². The van der Waals surface area contributed by atoms with Crippen molar-refractivity contribution in [2.45, 2.75) is 26.8 Å². The van der Waals surface area contributed by atoms with Crippen molar-refractivity contribution in [1.29, 1.82) is 0 Å².